The van der Waals surface area contributed by atoms with Gasteiger partial charge >= 0.3 is 0 Å². The number of unbranched alkanes of at least 4 members (excludes halogenated alkanes) is 12. The van der Waals surface area contributed by atoms with Gasteiger partial charge in [0.25, 0.3) is 0 Å². The van der Waals surface area contributed by atoms with E-state index in [1.54, 1.807) is 0 Å². The van der Waals surface area contributed by atoms with Gasteiger partial charge in [0.2, 0.25) is 5.24 Å². The van der Waals surface area contributed by atoms with Gasteiger partial charge in [-0.1, -0.05) is 89.9 Å². The van der Waals surface area contributed by atoms with Crippen LogP contribution < -0.4 is 0 Å². The minimum Gasteiger partial charge on any atom is -0.396 e. The summed E-state index contributed by atoms with van der Waals surface area (Å²) in [5.41, 5.74) is 0.781. The molecule has 0 saturated carbocycles. The highest BCUT2D eigenvalue weighted by atomic mass is 35.5. The molecule has 0 aromatic rings. The lowest BCUT2D eigenvalue weighted by molar-refractivity contribution is -0.108. The van der Waals surface area contributed by atoms with Gasteiger partial charge in [-0.3, -0.25) is 4.79 Å². The molecule has 0 bridgehead atoms. The first-order chi connectivity index (χ1) is 14.6. The van der Waals surface area contributed by atoms with E-state index >= 15 is 0 Å². The highest BCUT2D eigenvalue weighted by Crippen LogP contribution is 2.18. The van der Waals surface area contributed by atoms with Crippen LogP contribution in [0.1, 0.15) is 129 Å². The molecule has 176 valence electrons. The van der Waals surface area contributed by atoms with Crippen molar-refractivity contribution in [1.29, 1.82) is 0 Å². The Labute approximate surface area is 192 Å². The Kier molecular flexibility index (Phi) is 22.6. The zero-order valence-electron chi connectivity index (χ0n) is 20.0. The van der Waals surface area contributed by atoms with Crippen LogP contribution in [0.2, 0.25) is 0 Å². The molecule has 2 nitrogen and oxygen atoms in total. The number of hydrogen-bond donors (Lipinski definition) is 1. The van der Waals surface area contributed by atoms with Gasteiger partial charge in [-0.2, -0.15) is 0 Å². The first-order valence-corrected chi connectivity index (χ1v) is 13.1. The van der Waals surface area contributed by atoms with E-state index in [0.717, 1.165) is 37.7 Å². The number of rotatable bonds is 22. The van der Waals surface area contributed by atoms with E-state index in [2.05, 4.69) is 26.0 Å². The fraction of sp³-hybridized carbons (Fsp3) is 0.815. The second-order valence-electron chi connectivity index (χ2n) is 8.90. The van der Waals surface area contributed by atoms with Crippen molar-refractivity contribution < 1.29 is 9.90 Å². The molecule has 1 N–H and O–H groups in total. The molecule has 0 fully saturated rings. The van der Waals surface area contributed by atoms with Gasteiger partial charge in [0.1, 0.15) is 0 Å². The van der Waals surface area contributed by atoms with Crippen LogP contribution in [-0.2, 0) is 4.79 Å². The first-order valence-electron chi connectivity index (χ1n) is 12.8. The van der Waals surface area contributed by atoms with E-state index in [1.807, 2.05) is 6.08 Å². The maximum atomic E-state index is 11.6. The number of carbonyl (C=O) groups excluding carboxylic acids is 1. The van der Waals surface area contributed by atoms with Gasteiger partial charge in [-0.15, -0.1) is 0 Å². The fourth-order valence-corrected chi connectivity index (χ4v) is 3.92. The van der Waals surface area contributed by atoms with Crippen LogP contribution in [-0.4, -0.2) is 17.0 Å². The van der Waals surface area contributed by atoms with Gasteiger partial charge in [0.05, 0.1) is 0 Å². The van der Waals surface area contributed by atoms with Crippen molar-refractivity contribution in [2.75, 3.05) is 6.61 Å². The fourth-order valence-electron chi connectivity index (χ4n) is 3.74. The zero-order valence-corrected chi connectivity index (χ0v) is 20.7. The van der Waals surface area contributed by atoms with E-state index in [-0.39, 0.29) is 11.8 Å². The van der Waals surface area contributed by atoms with Crippen molar-refractivity contribution >= 4 is 16.8 Å². The third-order valence-electron chi connectivity index (χ3n) is 5.83. The minimum absolute atomic E-state index is 0.241. The first kappa shape index (κ1) is 29.4. The number of allylic oxidation sites excluding steroid dienone is 4. The highest BCUT2D eigenvalue weighted by Gasteiger charge is 2.07. The predicted molar refractivity (Wildman–Crippen MR) is 133 cm³/mol. The molecule has 0 aliphatic carbocycles. The molecule has 0 aliphatic heterocycles. The Balaban J connectivity index is 3.59. The monoisotopic (exact) mass is 440 g/mol. The van der Waals surface area contributed by atoms with Gasteiger partial charge in [-0.25, -0.2) is 0 Å². The van der Waals surface area contributed by atoms with Gasteiger partial charge in [-0.05, 0) is 75.3 Å². The van der Waals surface area contributed by atoms with E-state index < -0.39 is 0 Å². The molecule has 0 aliphatic rings. The van der Waals surface area contributed by atoms with E-state index in [9.17, 15) is 4.79 Å². The summed E-state index contributed by atoms with van der Waals surface area (Å²) in [5, 5.41) is 8.60. The van der Waals surface area contributed by atoms with Gasteiger partial charge < -0.3 is 5.11 Å². The third kappa shape index (κ3) is 20.7. The van der Waals surface area contributed by atoms with Crippen molar-refractivity contribution in [3.05, 3.63) is 23.8 Å². The van der Waals surface area contributed by atoms with Crippen LogP contribution in [0.5, 0.6) is 0 Å². The summed E-state index contributed by atoms with van der Waals surface area (Å²) in [6.07, 6.45) is 28.4. The van der Waals surface area contributed by atoms with E-state index in [4.69, 9.17) is 16.7 Å². The Morgan fingerprint density at radius 2 is 1.37 bits per heavy atom. The Morgan fingerprint density at radius 1 is 0.833 bits per heavy atom. The molecule has 30 heavy (non-hydrogen) atoms. The second kappa shape index (κ2) is 23.1. The van der Waals surface area contributed by atoms with Crippen molar-refractivity contribution in [1.82, 2.24) is 0 Å². The minimum atomic E-state index is -0.294. The smallest absolute Gasteiger partial charge is 0.248 e. The largest absolute Gasteiger partial charge is 0.396 e. The van der Waals surface area contributed by atoms with Gasteiger partial charge in [0.15, 0.2) is 0 Å². The van der Waals surface area contributed by atoms with E-state index in [1.165, 1.54) is 83.5 Å². The SMILES string of the molecule is CCCCCCCC/C=C\CCCCCCCCC(=CCC(C)CCCO)C(=O)Cl. The molecule has 0 rings (SSSR count). The third-order valence-corrected chi connectivity index (χ3v) is 6.07. The lowest BCUT2D eigenvalue weighted by Gasteiger charge is -2.09. The summed E-state index contributed by atoms with van der Waals surface area (Å²) < 4.78 is 0. The Morgan fingerprint density at radius 3 is 1.90 bits per heavy atom. The molecule has 0 radical (unpaired) electrons. The molecule has 1 atom stereocenters. The number of aliphatic hydroxyl groups excluding tert-OH is 1. The molecule has 3 heteroatoms. The summed E-state index contributed by atoms with van der Waals surface area (Å²) in [6.45, 7) is 4.67. The predicted octanol–water partition coefficient (Wildman–Crippen LogP) is 8.90. The molecule has 0 spiro atoms. The Bertz CT molecular complexity index is 442. The van der Waals surface area contributed by atoms with Crippen LogP contribution in [0.4, 0.5) is 0 Å². The molecule has 0 amide bonds. The quantitative estimate of drug-likeness (QED) is 0.0789. The van der Waals surface area contributed by atoms with Crippen LogP contribution in [0.25, 0.3) is 0 Å². The standard InChI is InChI=1S/C27H49ClO2/c1-3-4-5-6-7-8-9-10-11-12-13-14-15-16-17-18-21-26(27(28)30)23-22-25(2)20-19-24-29/h10-11,23,25,29H,3-9,12-22,24H2,1-2H3/b11-10-,26-23?. The summed E-state index contributed by atoms with van der Waals surface area (Å²) in [5.74, 6) is 0.489. The summed E-state index contributed by atoms with van der Waals surface area (Å²) in [7, 11) is 0. The molecule has 0 heterocycles. The average molecular weight is 441 g/mol. The lowest BCUT2D eigenvalue weighted by atomic mass is 9.98. The number of aliphatic hydroxyl groups is 1. The topological polar surface area (TPSA) is 37.3 Å². The van der Waals surface area contributed by atoms with Crippen molar-refractivity contribution in [3.63, 3.8) is 0 Å². The van der Waals surface area contributed by atoms with Crippen LogP contribution in [0.15, 0.2) is 23.8 Å². The molecule has 0 aromatic carbocycles. The summed E-state index contributed by atoms with van der Waals surface area (Å²) >= 11 is 5.75. The highest BCUT2D eigenvalue weighted by molar-refractivity contribution is 6.67. The number of carbonyl (C=O) groups is 1. The Hall–Kier alpha value is -0.600. The zero-order chi connectivity index (χ0) is 22.3. The van der Waals surface area contributed by atoms with Gasteiger partial charge in [0, 0.05) is 12.2 Å². The van der Waals surface area contributed by atoms with Crippen LogP contribution >= 0.6 is 11.6 Å². The van der Waals surface area contributed by atoms with Crippen molar-refractivity contribution in [2.45, 2.75) is 129 Å². The summed E-state index contributed by atoms with van der Waals surface area (Å²) in [4.78, 5) is 11.6. The average Bonchev–Trinajstić information content (AvgIpc) is 2.73. The maximum absolute atomic E-state index is 11.6. The second-order valence-corrected chi connectivity index (χ2v) is 9.24. The number of halogens is 1. The lowest BCUT2D eigenvalue weighted by Crippen LogP contribution is -1.99. The van der Waals surface area contributed by atoms with Crippen LogP contribution in [0.3, 0.4) is 0 Å². The van der Waals surface area contributed by atoms with Crippen LogP contribution in [0, 0.1) is 5.92 Å². The van der Waals surface area contributed by atoms with Crippen molar-refractivity contribution in [3.8, 4) is 0 Å². The molecule has 0 saturated heterocycles. The molecule has 1 unspecified atom stereocenters. The molecular formula is C27H49ClO2. The number of hydrogen-bond acceptors (Lipinski definition) is 2. The normalized spacial score (nSPS) is 13.3. The maximum Gasteiger partial charge on any atom is 0.248 e. The van der Waals surface area contributed by atoms with E-state index in [0.29, 0.717) is 5.92 Å². The molecule has 0 aromatic heterocycles. The van der Waals surface area contributed by atoms with Crippen molar-refractivity contribution in [2.24, 2.45) is 5.92 Å². The molecular weight excluding hydrogens is 392 g/mol. The summed E-state index contributed by atoms with van der Waals surface area (Å²) in [6, 6.07) is 0.